The van der Waals surface area contributed by atoms with E-state index in [4.69, 9.17) is 16.3 Å². The molecule has 92 valence electrons. The van der Waals surface area contributed by atoms with E-state index in [9.17, 15) is 0 Å². The minimum absolute atomic E-state index is 0.425. The highest BCUT2D eigenvalue weighted by Gasteiger charge is 2.20. The maximum Gasteiger partial charge on any atom is 0.145 e. The molecule has 0 heterocycles. The predicted octanol–water partition coefficient (Wildman–Crippen LogP) is 4.92. The van der Waals surface area contributed by atoms with E-state index in [1.54, 1.807) is 7.11 Å². The molecule has 4 heteroatoms. The molecule has 0 bridgehead atoms. The quantitative estimate of drug-likeness (QED) is 0.726. The van der Waals surface area contributed by atoms with Gasteiger partial charge in [-0.1, -0.05) is 30.5 Å². The zero-order valence-electron chi connectivity index (χ0n) is 9.75. The van der Waals surface area contributed by atoms with Crippen LogP contribution in [0.2, 0.25) is 0 Å². The summed E-state index contributed by atoms with van der Waals surface area (Å²) in [4.78, 5) is 4.52. The van der Waals surface area contributed by atoms with Gasteiger partial charge in [0.2, 0.25) is 0 Å². The molecule has 2 nitrogen and oxygen atoms in total. The number of ether oxygens (including phenoxy) is 1. The third-order valence-corrected chi connectivity index (χ3v) is 4.11. The summed E-state index contributed by atoms with van der Waals surface area (Å²) in [6.45, 7) is 0. The Kier molecular flexibility index (Phi) is 4.46. The second-order valence-corrected chi connectivity index (χ2v) is 5.45. The van der Waals surface area contributed by atoms with E-state index in [1.807, 2.05) is 18.2 Å². The SMILES string of the molecule is COc1cccc(Br)c1/N=C(\Cl)C1CCCC1. The summed E-state index contributed by atoms with van der Waals surface area (Å²) in [5.41, 5.74) is 0.784. The third kappa shape index (κ3) is 3.02. The molecule has 1 aromatic carbocycles. The van der Waals surface area contributed by atoms with Crippen molar-refractivity contribution >= 4 is 38.4 Å². The molecular formula is C13H15BrClNO. The fraction of sp³-hybridized carbons (Fsp3) is 0.462. The van der Waals surface area contributed by atoms with Crippen molar-refractivity contribution in [3.05, 3.63) is 22.7 Å². The molecular weight excluding hydrogens is 302 g/mol. The largest absolute Gasteiger partial charge is 0.494 e. The zero-order chi connectivity index (χ0) is 12.3. The van der Waals surface area contributed by atoms with Gasteiger partial charge in [-0.25, -0.2) is 4.99 Å². The fourth-order valence-corrected chi connectivity index (χ4v) is 2.87. The molecule has 1 fully saturated rings. The van der Waals surface area contributed by atoms with Gasteiger partial charge in [0.1, 0.15) is 16.6 Å². The maximum absolute atomic E-state index is 6.30. The summed E-state index contributed by atoms with van der Waals surface area (Å²) in [5, 5.41) is 0.702. The van der Waals surface area contributed by atoms with Crippen LogP contribution in [0.25, 0.3) is 0 Å². The molecule has 1 aliphatic rings. The molecule has 1 aliphatic carbocycles. The van der Waals surface area contributed by atoms with Crippen molar-refractivity contribution in [1.82, 2.24) is 0 Å². The highest BCUT2D eigenvalue weighted by molar-refractivity contribution is 9.10. The Bertz CT molecular complexity index is 427. The lowest BCUT2D eigenvalue weighted by Gasteiger charge is -2.09. The first kappa shape index (κ1) is 12.9. The molecule has 0 radical (unpaired) electrons. The molecule has 1 aromatic rings. The summed E-state index contributed by atoms with van der Waals surface area (Å²) >= 11 is 9.78. The van der Waals surface area contributed by atoms with Gasteiger partial charge in [-0.3, -0.25) is 0 Å². The number of benzene rings is 1. The molecule has 2 rings (SSSR count). The van der Waals surface area contributed by atoms with Crippen LogP contribution in [0.5, 0.6) is 5.75 Å². The van der Waals surface area contributed by atoms with Crippen molar-refractivity contribution in [2.75, 3.05) is 7.11 Å². The van der Waals surface area contributed by atoms with Gasteiger partial charge in [-0.05, 0) is 40.9 Å². The lowest BCUT2D eigenvalue weighted by molar-refractivity contribution is 0.416. The van der Waals surface area contributed by atoms with Gasteiger partial charge in [-0.15, -0.1) is 0 Å². The Morgan fingerprint density at radius 2 is 2.12 bits per heavy atom. The van der Waals surface area contributed by atoms with Crippen LogP contribution in [0.1, 0.15) is 25.7 Å². The van der Waals surface area contributed by atoms with Gasteiger partial charge in [0, 0.05) is 10.4 Å². The molecule has 1 saturated carbocycles. The van der Waals surface area contributed by atoms with E-state index >= 15 is 0 Å². The van der Waals surface area contributed by atoms with E-state index in [-0.39, 0.29) is 0 Å². The van der Waals surface area contributed by atoms with E-state index in [1.165, 1.54) is 12.8 Å². The average Bonchev–Trinajstić information content (AvgIpc) is 2.85. The number of hydrogen-bond acceptors (Lipinski definition) is 2. The molecule has 0 atom stereocenters. The van der Waals surface area contributed by atoms with Crippen molar-refractivity contribution in [1.29, 1.82) is 0 Å². The van der Waals surface area contributed by atoms with Gasteiger partial charge >= 0.3 is 0 Å². The van der Waals surface area contributed by atoms with Crippen LogP contribution in [0.3, 0.4) is 0 Å². The first-order valence-electron chi connectivity index (χ1n) is 5.79. The minimum atomic E-state index is 0.425. The Labute approximate surface area is 115 Å². The number of para-hydroxylation sites is 1. The molecule has 0 saturated heterocycles. The van der Waals surface area contributed by atoms with Gasteiger partial charge in [0.25, 0.3) is 0 Å². The third-order valence-electron chi connectivity index (χ3n) is 3.08. The summed E-state index contributed by atoms with van der Waals surface area (Å²) < 4.78 is 6.20. The second kappa shape index (κ2) is 5.87. The maximum atomic E-state index is 6.30. The van der Waals surface area contributed by atoms with E-state index in [2.05, 4.69) is 20.9 Å². The minimum Gasteiger partial charge on any atom is -0.494 e. The van der Waals surface area contributed by atoms with Crippen LogP contribution in [-0.2, 0) is 0 Å². The summed E-state index contributed by atoms with van der Waals surface area (Å²) in [6.07, 6.45) is 4.80. The number of nitrogens with zero attached hydrogens (tertiary/aromatic N) is 1. The van der Waals surface area contributed by atoms with Crippen molar-refractivity contribution in [2.24, 2.45) is 10.9 Å². The summed E-state index contributed by atoms with van der Waals surface area (Å²) in [5.74, 6) is 1.17. The van der Waals surface area contributed by atoms with Crippen molar-refractivity contribution in [3.8, 4) is 5.75 Å². The standard InChI is InChI=1S/C13H15BrClNO/c1-17-11-8-4-7-10(14)12(11)16-13(15)9-5-2-3-6-9/h4,7-9H,2-3,5-6H2,1H3/b16-13-. The smallest absolute Gasteiger partial charge is 0.145 e. The van der Waals surface area contributed by atoms with Crippen molar-refractivity contribution < 1.29 is 4.74 Å². The first-order chi connectivity index (χ1) is 8.22. The molecule has 0 N–H and O–H groups in total. The summed E-state index contributed by atoms with van der Waals surface area (Å²) in [7, 11) is 1.64. The molecule has 0 amide bonds. The monoisotopic (exact) mass is 315 g/mol. The van der Waals surface area contributed by atoms with Crippen LogP contribution >= 0.6 is 27.5 Å². The average molecular weight is 317 g/mol. The van der Waals surface area contributed by atoms with Crippen LogP contribution in [0.4, 0.5) is 5.69 Å². The summed E-state index contributed by atoms with van der Waals surface area (Å²) in [6, 6.07) is 5.76. The van der Waals surface area contributed by atoms with Crippen molar-refractivity contribution in [2.45, 2.75) is 25.7 Å². The molecule has 0 aliphatic heterocycles. The Hall–Kier alpha value is -0.540. The van der Waals surface area contributed by atoms with E-state index in [0.29, 0.717) is 11.1 Å². The number of rotatable bonds is 3. The predicted molar refractivity (Wildman–Crippen MR) is 75.6 cm³/mol. The number of hydrogen-bond donors (Lipinski definition) is 0. The lowest BCUT2D eigenvalue weighted by Crippen LogP contribution is -2.03. The Morgan fingerprint density at radius 1 is 1.41 bits per heavy atom. The topological polar surface area (TPSA) is 21.6 Å². The molecule has 0 unspecified atom stereocenters. The van der Waals surface area contributed by atoms with Gasteiger partial charge < -0.3 is 4.74 Å². The van der Waals surface area contributed by atoms with Crippen LogP contribution < -0.4 is 4.74 Å². The first-order valence-corrected chi connectivity index (χ1v) is 6.96. The zero-order valence-corrected chi connectivity index (χ0v) is 12.1. The molecule has 0 spiro atoms. The Balaban J connectivity index is 2.30. The van der Waals surface area contributed by atoms with Crippen molar-refractivity contribution in [3.63, 3.8) is 0 Å². The van der Waals surface area contributed by atoms with Crippen LogP contribution in [-0.4, -0.2) is 12.3 Å². The van der Waals surface area contributed by atoms with Gasteiger partial charge in [0.15, 0.2) is 0 Å². The molecule has 0 aromatic heterocycles. The Morgan fingerprint density at radius 3 is 2.76 bits per heavy atom. The highest BCUT2D eigenvalue weighted by atomic mass is 79.9. The molecule has 17 heavy (non-hydrogen) atoms. The van der Waals surface area contributed by atoms with E-state index in [0.717, 1.165) is 28.8 Å². The number of halogens is 2. The number of aliphatic imine (C=N–C) groups is 1. The second-order valence-electron chi connectivity index (χ2n) is 4.21. The normalized spacial score (nSPS) is 17.5. The highest BCUT2D eigenvalue weighted by Crippen LogP contribution is 2.37. The van der Waals surface area contributed by atoms with E-state index < -0.39 is 0 Å². The lowest BCUT2D eigenvalue weighted by atomic mass is 10.1. The van der Waals surface area contributed by atoms with Crippen LogP contribution in [0.15, 0.2) is 27.7 Å². The number of methoxy groups -OCH3 is 1. The fourth-order valence-electron chi connectivity index (χ4n) is 2.13. The van der Waals surface area contributed by atoms with Crippen LogP contribution in [0, 0.1) is 5.92 Å². The van der Waals surface area contributed by atoms with Gasteiger partial charge in [0.05, 0.1) is 7.11 Å². The van der Waals surface area contributed by atoms with Gasteiger partial charge in [-0.2, -0.15) is 0 Å².